The summed E-state index contributed by atoms with van der Waals surface area (Å²) in [5, 5.41) is 0. The van der Waals surface area contributed by atoms with Gasteiger partial charge in [-0.15, -0.1) is 0 Å². The van der Waals surface area contributed by atoms with Gasteiger partial charge >= 0.3 is 0 Å². The van der Waals surface area contributed by atoms with Crippen LogP contribution in [-0.4, -0.2) is 4.43 Å². The predicted molar refractivity (Wildman–Crippen MR) is 56.7 cm³/mol. The molecule has 0 N–H and O–H groups in total. The third-order valence-electron chi connectivity index (χ3n) is 1.37. The minimum Gasteiger partial charge on any atom is -0.0858 e. The van der Waals surface area contributed by atoms with Gasteiger partial charge in [-0.05, 0) is 17.3 Å². The minimum atomic E-state index is 0.481. The third kappa shape index (κ3) is 5.51. The summed E-state index contributed by atoms with van der Waals surface area (Å²) in [6.07, 6.45) is 1.31. The van der Waals surface area contributed by atoms with Gasteiger partial charge in [0.1, 0.15) is 0 Å². The number of halogens is 1. The quantitative estimate of drug-likeness (QED) is 0.518. The van der Waals surface area contributed by atoms with Gasteiger partial charge in [-0.3, -0.25) is 0 Å². The average Bonchev–Trinajstić information content (AvgIpc) is 1.60. The van der Waals surface area contributed by atoms with E-state index in [2.05, 4.69) is 57.2 Å². The fourth-order valence-electron chi connectivity index (χ4n) is 1.48. The van der Waals surface area contributed by atoms with Crippen LogP contribution in [0, 0.1) is 10.8 Å². The van der Waals surface area contributed by atoms with Crippen molar-refractivity contribution >= 4 is 22.6 Å². The second-order valence-electron chi connectivity index (χ2n) is 5.04. The molecule has 0 rings (SSSR count). The second kappa shape index (κ2) is 3.42. The average molecular weight is 254 g/mol. The van der Waals surface area contributed by atoms with Gasteiger partial charge in [-0.2, -0.15) is 0 Å². The van der Waals surface area contributed by atoms with Gasteiger partial charge in [0.2, 0.25) is 0 Å². The molecule has 0 radical (unpaired) electrons. The number of hydrogen-bond acceptors (Lipinski definition) is 0. The molecule has 0 unspecified atom stereocenters. The highest BCUT2D eigenvalue weighted by atomic mass is 127. The Balaban J connectivity index is 3.89. The Morgan fingerprint density at radius 1 is 1.00 bits per heavy atom. The first-order valence-corrected chi connectivity index (χ1v) is 5.35. The van der Waals surface area contributed by atoms with Crippen LogP contribution >= 0.6 is 22.6 Å². The van der Waals surface area contributed by atoms with E-state index in [1.165, 1.54) is 10.8 Å². The molecule has 0 aliphatic rings. The molecule has 0 aliphatic heterocycles. The molecule has 0 saturated heterocycles. The lowest BCUT2D eigenvalue weighted by Gasteiger charge is -2.30. The molecule has 0 bridgehead atoms. The van der Waals surface area contributed by atoms with Crippen molar-refractivity contribution in [3.05, 3.63) is 0 Å². The van der Waals surface area contributed by atoms with Gasteiger partial charge in [0.05, 0.1) is 0 Å². The predicted octanol–water partition coefficient (Wildman–Crippen LogP) is 3.88. The molecule has 0 fully saturated rings. The minimum absolute atomic E-state index is 0.481. The highest BCUT2D eigenvalue weighted by Crippen LogP contribution is 2.34. The molecule has 0 heterocycles. The van der Waals surface area contributed by atoms with Crippen molar-refractivity contribution in [1.82, 2.24) is 0 Å². The molecular formula is C9H19I. The fraction of sp³-hybridized carbons (Fsp3) is 1.00. The van der Waals surface area contributed by atoms with E-state index < -0.39 is 0 Å². The van der Waals surface area contributed by atoms with E-state index in [9.17, 15) is 0 Å². The maximum absolute atomic E-state index is 2.47. The highest BCUT2D eigenvalue weighted by Gasteiger charge is 2.23. The zero-order valence-electron chi connectivity index (χ0n) is 7.79. The van der Waals surface area contributed by atoms with E-state index in [-0.39, 0.29) is 0 Å². The lowest BCUT2D eigenvalue weighted by atomic mass is 9.78. The summed E-state index contributed by atoms with van der Waals surface area (Å²) < 4.78 is 1.25. The molecule has 10 heavy (non-hydrogen) atoms. The molecule has 0 atom stereocenters. The molecular weight excluding hydrogens is 235 g/mol. The highest BCUT2D eigenvalue weighted by molar-refractivity contribution is 14.1. The first kappa shape index (κ1) is 10.7. The van der Waals surface area contributed by atoms with Crippen molar-refractivity contribution in [2.75, 3.05) is 4.43 Å². The normalized spacial score (nSPS) is 13.8. The van der Waals surface area contributed by atoms with E-state index in [1.54, 1.807) is 0 Å². The zero-order valence-corrected chi connectivity index (χ0v) is 9.95. The molecule has 0 nitrogen and oxygen atoms in total. The molecule has 0 spiro atoms. The van der Waals surface area contributed by atoms with Gasteiger partial charge in [-0.25, -0.2) is 0 Å². The van der Waals surface area contributed by atoms with Gasteiger partial charge in [0.15, 0.2) is 0 Å². The smallest absolute Gasteiger partial charge is 0.00469 e. The van der Waals surface area contributed by atoms with Gasteiger partial charge in [0, 0.05) is 4.43 Å². The summed E-state index contributed by atoms with van der Waals surface area (Å²) in [5.74, 6) is 0. The van der Waals surface area contributed by atoms with Crippen LogP contribution in [-0.2, 0) is 0 Å². The Hall–Kier alpha value is 0.730. The van der Waals surface area contributed by atoms with Crippen LogP contribution in [0.1, 0.15) is 41.0 Å². The van der Waals surface area contributed by atoms with E-state index >= 15 is 0 Å². The van der Waals surface area contributed by atoms with E-state index in [4.69, 9.17) is 0 Å². The second-order valence-corrected chi connectivity index (χ2v) is 5.80. The van der Waals surface area contributed by atoms with Gasteiger partial charge in [0.25, 0.3) is 0 Å². The molecule has 0 aliphatic carbocycles. The van der Waals surface area contributed by atoms with Crippen molar-refractivity contribution in [3.8, 4) is 0 Å². The Morgan fingerprint density at radius 2 is 1.40 bits per heavy atom. The molecule has 62 valence electrons. The standard InChI is InChI=1S/C9H19I/c1-8(2,3)6-9(4,5)7-10/h6-7H2,1-5H3. The van der Waals surface area contributed by atoms with Crippen molar-refractivity contribution in [2.45, 2.75) is 41.0 Å². The summed E-state index contributed by atoms with van der Waals surface area (Å²) in [6, 6.07) is 0. The summed E-state index contributed by atoms with van der Waals surface area (Å²) in [6.45, 7) is 11.6. The van der Waals surface area contributed by atoms with Gasteiger partial charge < -0.3 is 0 Å². The monoisotopic (exact) mass is 254 g/mol. The number of hydrogen-bond donors (Lipinski definition) is 0. The summed E-state index contributed by atoms with van der Waals surface area (Å²) in [4.78, 5) is 0. The third-order valence-corrected chi connectivity index (χ3v) is 3.44. The summed E-state index contributed by atoms with van der Waals surface area (Å²) in [7, 11) is 0. The Morgan fingerprint density at radius 3 is 1.50 bits per heavy atom. The van der Waals surface area contributed by atoms with E-state index in [0.29, 0.717) is 10.8 Å². The molecule has 0 aromatic rings. The lowest BCUT2D eigenvalue weighted by molar-refractivity contribution is 0.241. The van der Waals surface area contributed by atoms with Crippen molar-refractivity contribution < 1.29 is 0 Å². The zero-order chi connectivity index (χ0) is 8.41. The van der Waals surface area contributed by atoms with E-state index in [0.717, 1.165) is 0 Å². The molecule has 0 amide bonds. The maximum Gasteiger partial charge on any atom is 0.00469 e. The first-order valence-electron chi connectivity index (χ1n) is 3.83. The fourth-order valence-corrected chi connectivity index (χ4v) is 1.75. The topological polar surface area (TPSA) is 0 Å². The Kier molecular flexibility index (Phi) is 3.67. The maximum atomic E-state index is 2.47. The van der Waals surface area contributed by atoms with Crippen molar-refractivity contribution in [2.24, 2.45) is 10.8 Å². The van der Waals surface area contributed by atoms with Crippen LogP contribution in [0.3, 0.4) is 0 Å². The summed E-state index contributed by atoms with van der Waals surface area (Å²) in [5.41, 5.74) is 0.994. The van der Waals surface area contributed by atoms with Crippen molar-refractivity contribution in [3.63, 3.8) is 0 Å². The van der Waals surface area contributed by atoms with Crippen LogP contribution in [0.25, 0.3) is 0 Å². The van der Waals surface area contributed by atoms with Crippen LogP contribution in [0.5, 0.6) is 0 Å². The largest absolute Gasteiger partial charge is 0.0858 e. The lowest BCUT2D eigenvalue weighted by Crippen LogP contribution is -2.21. The number of rotatable bonds is 2. The van der Waals surface area contributed by atoms with E-state index in [1.807, 2.05) is 0 Å². The summed E-state index contributed by atoms with van der Waals surface area (Å²) >= 11 is 2.47. The van der Waals surface area contributed by atoms with Crippen molar-refractivity contribution in [1.29, 1.82) is 0 Å². The molecule has 1 heteroatoms. The van der Waals surface area contributed by atoms with Gasteiger partial charge in [-0.1, -0.05) is 57.2 Å². The van der Waals surface area contributed by atoms with Crippen LogP contribution in [0.2, 0.25) is 0 Å². The molecule has 0 aromatic carbocycles. The first-order chi connectivity index (χ1) is 4.27. The van der Waals surface area contributed by atoms with Crippen LogP contribution < -0.4 is 0 Å². The van der Waals surface area contributed by atoms with Crippen LogP contribution in [0.4, 0.5) is 0 Å². The Labute approximate surface area is 78.9 Å². The number of alkyl halides is 1. The Bertz CT molecular complexity index is 97.8. The van der Waals surface area contributed by atoms with Crippen LogP contribution in [0.15, 0.2) is 0 Å². The SMILES string of the molecule is CC(C)(C)CC(C)(C)CI. The molecule has 0 saturated carbocycles. The molecule has 0 aromatic heterocycles.